The number of hydrogen-bond acceptors (Lipinski definition) is 3. The van der Waals surface area contributed by atoms with Crippen LogP contribution in [0.3, 0.4) is 0 Å². The normalized spacial score (nSPS) is 19.0. The molecular formula is C13H25N3OS. The van der Waals surface area contributed by atoms with Crippen LogP contribution in [0, 0.1) is 5.92 Å². The molecule has 1 amide bonds. The second-order valence-corrected chi connectivity index (χ2v) is 5.42. The number of hydrogen-bond donors (Lipinski definition) is 1. The van der Waals surface area contributed by atoms with Crippen molar-refractivity contribution in [3.63, 3.8) is 0 Å². The van der Waals surface area contributed by atoms with Gasteiger partial charge in [-0.25, -0.2) is 0 Å². The molecule has 1 saturated heterocycles. The van der Waals surface area contributed by atoms with Gasteiger partial charge >= 0.3 is 0 Å². The van der Waals surface area contributed by atoms with Crippen LogP contribution in [0.25, 0.3) is 0 Å². The molecule has 1 aliphatic heterocycles. The first-order valence-corrected chi connectivity index (χ1v) is 7.24. The van der Waals surface area contributed by atoms with Crippen molar-refractivity contribution in [3.05, 3.63) is 0 Å². The quantitative estimate of drug-likeness (QED) is 0.764. The summed E-state index contributed by atoms with van der Waals surface area (Å²) in [6, 6.07) is 0.130. The monoisotopic (exact) mass is 271 g/mol. The van der Waals surface area contributed by atoms with Gasteiger partial charge in [0.15, 0.2) is 0 Å². The first-order valence-electron chi connectivity index (χ1n) is 6.83. The number of rotatable bonds is 5. The Kier molecular flexibility index (Phi) is 6.02. The molecule has 18 heavy (non-hydrogen) atoms. The van der Waals surface area contributed by atoms with Crippen LogP contribution < -0.4 is 5.73 Å². The molecule has 1 aliphatic rings. The van der Waals surface area contributed by atoms with E-state index in [2.05, 4.69) is 18.7 Å². The molecule has 0 aromatic carbocycles. The van der Waals surface area contributed by atoms with Crippen LogP contribution in [0.1, 0.15) is 33.6 Å². The molecule has 1 unspecified atom stereocenters. The highest BCUT2D eigenvalue weighted by molar-refractivity contribution is 7.80. The Morgan fingerprint density at radius 1 is 1.22 bits per heavy atom. The van der Waals surface area contributed by atoms with Crippen molar-refractivity contribution in [2.24, 2.45) is 11.7 Å². The van der Waals surface area contributed by atoms with Crippen LogP contribution in [0.5, 0.6) is 0 Å². The zero-order valence-electron chi connectivity index (χ0n) is 11.7. The molecule has 1 rings (SSSR count). The number of amides is 1. The molecule has 0 radical (unpaired) electrons. The third-order valence-electron chi connectivity index (χ3n) is 3.92. The van der Waals surface area contributed by atoms with Gasteiger partial charge in [0.05, 0.1) is 11.0 Å². The summed E-state index contributed by atoms with van der Waals surface area (Å²) in [5.41, 5.74) is 5.66. The molecule has 1 heterocycles. The van der Waals surface area contributed by atoms with E-state index in [4.69, 9.17) is 18.0 Å². The average Bonchev–Trinajstić information content (AvgIpc) is 2.39. The fourth-order valence-corrected chi connectivity index (χ4v) is 2.55. The number of piperazine rings is 1. The standard InChI is InChI=1S/C13H25N3OS/c1-4-11(5-2)13(17)16-8-6-15(7-9-16)10(3)12(14)18/h10-11H,4-9H2,1-3H3,(H2,14,18). The third kappa shape index (κ3) is 3.65. The summed E-state index contributed by atoms with van der Waals surface area (Å²) >= 11 is 5.01. The molecule has 104 valence electrons. The van der Waals surface area contributed by atoms with Crippen LogP contribution in [0.15, 0.2) is 0 Å². The van der Waals surface area contributed by atoms with Gasteiger partial charge in [0.1, 0.15) is 0 Å². The van der Waals surface area contributed by atoms with Crippen LogP contribution >= 0.6 is 12.2 Å². The lowest BCUT2D eigenvalue weighted by molar-refractivity contribution is -0.137. The zero-order chi connectivity index (χ0) is 13.7. The van der Waals surface area contributed by atoms with E-state index in [1.165, 1.54) is 0 Å². The maximum atomic E-state index is 12.2. The Balaban J connectivity index is 2.48. The van der Waals surface area contributed by atoms with Crippen molar-refractivity contribution in [3.8, 4) is 0 Å². The van der Waals surface area contributed by atoms with Crippen molar-refractivity contribution < 1.29 is 4.79 Å². The minimum Gasteiger partial charge on any atom is -0.392 e. The largest absolute Gasteiger partial charge is 0.392 e. The predicted octanol–water partition coefficient (Wildman–Crippen LogP) is 1.24. The lowest BCUT2D eigenvalue weighted by atomic mass is 10.0. The summed E-state index contributed by atoms with van der Waals surface area (Å²) in [6.45, 7) is 9.51. The molecule has 2 N–H and O–H groups in total. The highest BCUT2D eigenvalue weighted by Gasteiger charge is 2.27. The highest BCUT2D eigenvalue weighted by atomic mass is 32.1. The van der Waals surface area contributed by atoms with E-state index in [9.17, 15) is 4.79 Å². The predicted molar refractivity (Wildman–Crippen MR) is 78.5 cm³/mol. The summed E-state index contributed by atoms with van der Waals surface area (Å²) in [4.78, 5) is 17.0. The molecule has 0 spiro atoms. The second-order valence-electron chi connectivity index (χ2n) is 4.95. The van der Waals surface area contributed by atoms with Gasteiger partial charge in [-0.1, -0.05) is 26.1 Å². The Hall–Kier alpha value is -0.680. The fraction of sp³-hybridized carbons (Fsp3) is 0.846. The lowest BCUT2D eigenvalue weighted by Crippen LogP contribution is -2.54. The molecule has 1 atom stereocenters. The molecule has 0 aliphatic carbocycles. The SMILES string of the molecule is CCC(CC)C(=O)N1CCN(C(C)C(N)=S)CC1. The minimum absolute atomic E-state index is 0.130. The van der Waals surface area contributed by atoms with E-state index < -0.39 is 0 Å². The molecule has 0 aromatic heterocycles. The van der Waals surface area contributed by atoms with E-state index in [1.807, 2.05) is 11.8 Å². The number of carbonyl (C=O) groups is 1. The summed E-state index contributed by atoms with van der Waals surface area (Å²) in [5, 5.41) is 0. The highest BCUT2D eigenvalue weighted by Crippen LogP contribution is 2.14. The van der Waals surface area contributed by atoms with Crippen LogP contribution in [-0.4, -0.2) is 52.9 Å². The van der Waals surface area contributed by atoms with Crippen LogP contribution in [0.4, 0.5) is 0 Å². The van der Waals surface area contributed by atoms with E-state index in [0.29, 0.717) is 10.9 Å². The van der Waals surface area contributed by atoms with Crippen molar-refractivity contribution in [1.82, 2.24) is 9.80 Å². The molecule has 0 aromatic rings. The van der Waals surface area contributed by atoms with E-state index >= 15 is 0 Å². The van der Waals surface area contributed by atoms with E-state index in [-0.39, 0.29) is 12.0 Å². The Morgan fingerprint density at radius 3 is 2.11 bits per heavy atom. The minimum atomic E-state index is 0.130. The molecule has 1 fully saturated rings. The Bertz CT molecular complexity index is 297. The molecule has 5 heteroatoms. The van der Waals surface area contributed by atoms with Crippen molar-refractivity contribution in [2.75, 3.05) is 26.2 Å². The maximum Gasteiger partial charge on any atom is 0.225 e. The van der Waals surface area contributed by atoms with E-state index in [0.717, 1.165) is 39.0 Å². The molecule has 0 bridgehead atoms. The number of nitrogens with zero attached hydrogens (tertiary/aromatic N) is 2. The van der Waals surface area contributed by atoms with Gasteiger partial charge in [-0.05, 0) is 19.8 Å². The molecule has 4 nitrogen and oxygen atoms in total. The Labute approximate surface area is 115 Å². The van der Waals surface area contributed by atoms with E-state index in [1.54, 1.807) is 0 Å². The smallest absolute Gasteiger partial charge is 0.225 e. The van der Waals surface area contributed by atoms with Gasteiger partial charge in [-0.15, -0.1) is 0 Å². The zero-order valence-corrected chi connectivity index (χ0v) is 12.5. The van der Waals surface area contributed by atoms with Crippen LogP contribution in [-0.2, 0) is 4.79 Å². The lowest BCUT2D eigenvalue weighted by Gasteiger charge is -2.38. The average molecular weight is 271 g/mol. The fourth-order valence-electron chi connectivity index (χ4n) is 2.41. The van der Waals surface area contributed by atoms with Gasteiger partial charge in [-0.3, -0.25) is 9.69 Å². The van der Waals surface area contributed by atoms with Gasteiger partial charge in [0, 0.05) is 32.1 Å². The number of nitrogens with two attached hydrogens (primary N) is 1. The number of thiocarbonyl (C=S) groups is 1. The summed E-state index contributed by atoms with van der Waals surface area (Å²) in [7, 11) is 0. The van der Waals surface area contributed by atoms with Crippen molar-refractivity contribution in [1.29, 1.82) is 0 Å². The number of carbonyl (C=O) groups excluding carboxylic acids is 1. The Morgan fingerprint density at radius 2 is 1.72 bits per heavy atom. The van der Waals surface area contributed by atoms with Crippen LogP contribution in [0.2, 0.25) is 0 Å². The molecule has 0 saturated carbocycles. The molecular weight excluding hydrogens is 246 g/mol. The summed E-state index contributed by atoms with van der Waals surface area (Å²) < 4.78 is 0. The summed E-state index contributed by atoms with van der Waals surface area (Å²) in [5.74, 6) is 0.493. The van der Waals surface area contributed by atoms with Gasteiger partial charge in [0.25, 0.3) is 0 Å². The topological polar surface area (TPSA) is 49.6 Å². The van der Waals surface area contributed by atoms with Gasteiger partial charge < -0.3 is 10.6 Å². The first-order chi connectivity index (χ1) is 8.51. The van der Waals surface area contributed by atoms with Gasteiger partial charge in [0.2, 0.25) is 5.91 Å². The first kappa shape index (κ1) is 15.4. The van der Waals surface area contributed by atoms with Crippen molar-refractivity contribution in [2.45, 2.75) is 39.7 Å². The second kappa shape index (κ2) is 7.04. The maximum absolute atomic E-state index is 12.2. The van der Waals surface area contributed by atoms with Crippen molar-refractivity contribution >= 4 is 23.1 Å². The van der Waals surface area contributed by atoms with Gasteiger partial charge in [-0.2, -0.15) is 0 Å². The summed E-state index contributed by atoms with van der Waals surface area (Å²) in [6.07, 6.45) is 1.86. The third-order valence-corrected chi connectivity index (χ3v) is 4.26.